The Morgan fingerprint density at radius 2 is 2.19 bits per heavy atom. The Morgan fingerprint density at radius 3 is 2.92 bits per heavy atom. The number of nitrogens with one attached hydrogen (secondary N) is 2. The lowest BCUT2D eigenvalue weighted by atomic mass is 10.2. The number of carbonyl (C=O) groups excluding carboxylic acids is 1. The molecule has 0 radical (unpaired) electrons. The van der Waals surface area contributed by atoms with Crippen LogP contribution in [-0.2, 0) is 4.79 Å². The lowest BCUT2D eigenvalue weighted by Gasteiger charge is -2.05. The van der Waals surface area contributed by atoms with Gasteiger partial charge in [-0.3, -0.25) is 14.9 Å². The van der Waals surface area contributed by atoms with Crippen LogP contribution in [0.1, 0.15) is 0 Å². The van der Waals surface area contributed by atoms with E-state index in [1.165, 1.54) is 0 Å². The van der Waals surface area contributed by atoms with Gasteiger partial charge in [0.15, 0.2) is 5.16 Å². The van der Waals surface area contributed by atoms with Gasteiger partial charge in [0.2, 0.25) is 5.91 Å². The zero-order valence-corrected chi connectivity index (χ0v) is 14.3. The molecule has 2 aromatic carbocycles. The van der Waals surface area contributed by atoms with E-state index in [1.807, 2.05) is 0 Å². The van der Waals surface area contributed by atoms with Crippen LogP contribution in [0.5, 0.6) is 5.75 Å². The predicted molar refractivity (Wildman–Crippen MR) is 95.1 cm³/mol. The summed E-state index contributed by atoms with van der Waals surface area (Å²) in [7, 11) is 1.56. The number of carbonyl (C=O) groups is 1. The third-order valence-corrected chi connectivity index (χ3v) is 4.32. The number of nitro benzene ring substituents is 1. The first kappa shape index (κ1) is 17.7. The first-order valence-corrected chi connectivity index (χ1v) is 8.35. The normalized spacial score (nSPS) is 10.7. The molecule has 0 bridgehead atoms. The summed E-state index contributed by atoms with van der Waals surface area (Å²) < 4.78 is 18.8. The highest BCUT2D eigenvalue weighted by molar-refractivity contribution is 7.99. The summed E-state index contributed by atoms with van der Waals surface area (Å²) in [6, 6.07) is 8.29. The molecule has 1 aromatic heterocycles. The van der Waals surface area contributed by atoms with Gasteiger partial charge < -0.3 is 15.0 Å². The lowest BCUT2D eigenvalue weighted by molar-refractivity contribution is -0.384. The van der Waals surface area contributed by atoms with Crippen molar-refractivity contribution < 1.29 is 18.8 Å². The van der Waals surface area contributed by atoms with E-state index in [9.17, 15) is 19.3 Å². The number of halogens is 1. The molecule has 0 atom stereocenters. The molecule has 1 amide bonds. The average Bonchev–Trinajstić information content (AvgIpc) is 3.03. The van der Waals surface area contributed by atoms with Gasteiger partial charge in [-0.1, -0.05) is 11.8 Å². The molecule has 3 aromatic rings. The first-order chi connectivity index (χ1) is 12.5. The summed E-state index contributed by atoms with van der Waals surface area (Å²) in [4.78, 5) is 29.5. The molecule has 0 aliphatic rings. The molecular weight excluding hydrogens is 363 g/mol. The van der Waals surface area contributed by atoms with Crippen LogP contribution in [0.15, 0.2) is 41.6 Å². The van der Waals surface area contributed by atoms with Crippen LogP contribution in [0.4, 0.5) is 15.8 Å². The summed E-state index contributed by atoms with van der Waals surface area (Å²) in [6.07, 6.45) is 0. The van der Waals surface area contributed by atoms with Crippen molar-refractivity contribution in [1.29, 1.82) is 0 Å². The number of hydrogen-bond acceptors (Lipinski definition) is 6. The number of thioether (sulfide) groups is 1. The van der Waals surface area contributed by atoms with Gasteiger partial charge in [0, 0.05) is 18.2 Å². The Kier molecular flexibility index (Phi) is 5.03. The van der Waals surface area contributed by atoms with E-state index >= 15 is 0 Å². The van der Waals surface area contributed by atoms with Crippen LogP contribution in [0.25, 0.3) is 11.0 Å². The van der Waals surface area contributed by atoms with Gasteiger partial charge in [0.1, 0.15) is 11.6 Å². The van der Waals surface area contributed by atoms with E-state index in [1.54, 1.807) is 25.3 Å². The molecule has 134 valence electrons. The second kappa shape index (κ2) is 7.40. The largest absolute Gasteiger partial charge is 0.497 e. The van der Waals surface area contributed by atoms with Crippen LogP contribution < -0.4 is 10.1 Å². The van der Waals surface area contributed by atoms with Crippen LogP contribution >= 0.6 is 11.8 Å². The van der Waals surface area contributed by atoms with E-state index in [0.717, 1.165) is 41.0 Å². The highest BCUT2D eigenvalue weighted by Crippen LogP contribution is 2.24. The second-order valence-electron chi connectivity index (χ2n) is 5.18. The van der Waals surface area contributed by atoms with Gasteiger partial charge >= 0.3 is 0 Å². The Bertz CT molecular complexity index is 992. The number of methoxy groups -OCH3 is 1. The van der Waals surface area contributed by atoms with Crippen LogP contribution in [0.3, 0.4) is 0 Å². The molecule has 26 heavy (non-hydrogen) atoms. The average molecular weight is 376 g/mol. The van der Waals surface area contributed by atoms with Crippen LogP contribution in [0, 0.1) is 15.9 Å². The summed E-state index contributed by atoms with van der Waals surface area (Å²) in [5, 5.41) is 13.6. The third kappa shape index (κ3) is 3.91. The number of aromatic nitrogens is 2. The summed E-state index contributed by atoms with van der Waals surface area (Å²) in [5.41, 5.74) is 0.940. The lowest BCUT2D eigenvalue weighted by Crippen LogP contribution is -2.15. The fraction of sp³-hybridized carbons (Fsp3) is 0.125. The predicted octanol–water partition coefficient (Wildman–Crippen LogP) is 3.35. The van der Waals surface area contributed by atoms with Crippen molar-refractivity contribution in [3.8, 4) is 5.75 Å². The summed E-state index contributed by atoms with van der Waals surface area (Å²) in [5.74, 6) is -0.618. The molecule has 8 nitrogen and oxygen atoms in total. The molecule has 0 unspecified atom stereocenters. The van der Waals surface area contributed by atoms with Crippen molar-refractivity contribution in [2.75, 3.05) is 18.2 Å². The second-order valence-corrected chi connectivity index (χ2v) is 6.15. The van der Waals surface area contributed by atoms with Crippen LogP contribution in [-0.4, -0.2) is 33.7 Å². The Hall–Kier alpha value is -3.14. The fourth-order valence-electron chi connectivity index (χ4n) is 2.20. The van der Waals surface area contributed by atoms with E-state index in [2.05, 4.69) is 15.3 Å². The molecule has 10 heteroatoms. The molecule has 0 spiro atoms. The number of anilines is 1. The van der Waals surface area contributed by atoms with Gasteiger partial charge in [-0.2, -0.15) is 0 Å². The summed E-state index contributed by atoms with van der Waals surface area (Å²) in [6.45, 7) is 0. The van der Waals surface area contributed by atoms with Crippen molar-refractivity contribution in [3.05, 3.63) is 52.3 Å². The number of nitro groups is 1. The van der Waals surface area contributed by atoms with Gasteiger partial charge in [-0.15, -0.1) is 0 Å². The number of benzene rings is 2. The topological polar surface area (TPSA) is 110 Å². The van der Waals surface area contributed by atoms with Crippen molar-refractivity contribution in [1.82, 2.24) is 9.97 Å². The zero-order valence-electron chi connectivity index (χ0n) is 13.5. The summed E-state index contributed by atoms with van der Waals surface area (Å²) >= 11 is 1.13. The van der Waals surface area contributed by atoms with Crippen LogP contribution in [0.2, 0.25) is 0 Å². The maximum absolute atomic E-state index is 13.7. The number of fused-ring (bicyclic) bond motifs is 1. The minimum Gasteiger partial charge on any atom is -0.497 e. The van der Waals surface area contributed by atoms with Crippen molar-refractivity contribution >= 4 is 40.1 Å². The quantitative estimate of drug-likeness (QED) is 0.388. The van der Waals surface area contributed by atoms with Gasteiger partial charge in [-0.25, -0.2) is 9.37 Å². The molecular formula is C16H13FN4O4S. The zero-order chi connectivity index (χ0) is 18.7. The molecule has 0 fully saturated rings. The number of hydrogen-bond donors (Lipinski definition) is 2. The Balaban J connectivity index is 1.66. The van der Waals surface area contributed by atoms with E-state index in [4.69, 9.17) is 4.74 Å². The Morgan fingerprint density at radius 1 is 1.38 bits per heavy atom. The van der Waals surface area contributed by atoms with Gasteiger partial charge in [0.25, 0.3) is 5.69 Å². The molecule has 1 heterocycles. The molecule has 0 saturated carbocycles. The molecule has 2 N–H and O–H groups in total. The number of aromatic amines is 1. The third-order valence-electron chi connectivity index (χ3n) is 3.44. The number of imidazole rings is 1. The number of rotatable bonds is 6. The number of ether oxygens (including phenoxy) is 1. The number of nitrogens with zero attached hydrogens (tertiary/aromatic N) is 2. The number of amides is 1. The van der Waals surface area contributed by atoms with E-state index in [0.29, 0.717) is 10.9 Å². The standard InChI is InChI=1S/C16H13FN4O4S/c1-25-10-3-5-12-14(7-10)20-16(19-12)26-8-15(22)18-13-6-9(21(23)24)2-4-11(13)17/h2-7H,8H2,1H3,(H,18,22)(H,19,20). The molecule has 3 rings (SSSR count). The van der Waals surface area contributed by atoms with Gasteiger partial charge in [-0.05, 0) is 18.2 Å². The smallest absolute Gasteiger partial charge is 0.271 e. The maximum atomic E-state index is 13.7. The van der Waals surface area contributed by atoms with E-state index < -0.39 is 16.6 Å². The fourth-order valence-corrected chi connectivity index (χ4v) is 2.89. The monoisotopic (exact) mass is 376 g/mol. The maximum Gasteiger partial charge on any atom is 0.271 e. The molecule has 0 saturated heterocycles. The van der Waals surface area contributed by atoms with Crippen molar-refractivity contribution in [2.24, 2.45) is 0 Å². The highest BCUT2D eigenvalue weighted by Gasteiger charge is 2.14. The molecule has 0 aliphatic heterocycles. The van der Waals surface area contributed by atoms with Crippen molar-refractivity contribution in [2.45, 2.75) is 5.16 Å². The Labute approximate surface area is 150 Å². The number of non-ortho nitro benzene ring substituents is 1. The molecule has 0 aliphatic carbocycles. The number of H-pyrrole nitrogens is 1. The highest BCUT2D eigenvalue weighted by atomic mass is 32.2. The first-order valence-electron chi connectivity index (χ1n) is 7.36. The van der Waals surface area contributed by atoms with Crippen molar-refractivity contribution in [3.63, 3.8) is 0 Å². The SMILES string of the molecule is COc1ccc2nc(SCC(=O)Nc3cc([N+](=O)[O-])ccc3F)[nH]c2c1. The minimum absolute atomic E-state index is 0.0426. The van der Waals surface area contributed by atoms with Gasteiger partial charge in [0.05, 0.1) is 34.5 Å². The van der Waals surface area contributed by atoms with E-state index in [-0.39, 0.29) is 17.1 Å². The minimum atomic E-state index is -0.746.